The van der Waals surface area contributed by atoms with Gasteiger partial charge in [-0.1, -0.05) is 0 Å². The molecule has 0 radical (unpaired) electrons. The number of hydrogen-bond acceptors (Lipinski definition) is 5. The third kappa shape index (κ3) is 6.87. The molecule has 1 aromatic heterocycles. The van der Waals surface area contributed by atoms with Crippen molar-refractivity contribution in [2.45, 2.75) is 5.52 Å². The fourth-order valence-corrected chi connectivity index (χ4v) is 2.89. The normalized spacial score (nSPS) is 11.6. The first-order chi connectivity index (χ1) is 6.71. The minimum atomic E-state index is -5.01. The monoisotopic (exact) mass is 306 g/mol. The molecule has 1 aromatic rings. The molecule has 5 N–H and O–H groups in total. The van der Waals surface area contributed by atoms with E-state index in [9.17, 15) is 9.13 Å². The van der Waals surface area contributed by atoms with Gasteiger partial charge in [0.05, 0.1) is 6.20 Å². The van der Waals surface area contributed by atoms with E-state index in [4.69, 9.17) is 19.6 Å². The maximum Gasteiger partial charge on any atom is 1.00 e. The minimum absolute atomic E-state index is 0. The van der Waals surface area contributed by atoms with Crippen molar-refractivity contribution in [3.05, 3.63) is 12.5 Å². The van der Waals surface area contributed by atoms with Gasteiger partial charge >= 0.3 is 74.3 Å². The van der Waals surface area contributed by atoms with Crippen LogP contribution in [0.25, 0.3) is 0 Å². The standard InChI is InChI=1S/C4H8N2O7P2.2Na.2H/c7-14(8,9)4(15(10,11)12)6-3-5-1-2-13-3;;;;/h1-2,4H,(H,5,6)(H2,7,8,9)(H2,10,11,12);;;;/q;2*+1;2*-1. The van der Waals surface area contributed by atoms with Crippen LogP contribution in [0, 0.1) is 0 Å². The molecule has 0 unspecified atom stereocenters. The zero-order valence-corrected chi connectivity index (χ0v) is 14.9. The Balaban J connectivity index is -0.000000281. The molecule has 0 fully saturated rings. The number of nitrogens with zero attached hydrogens (tertiary/aromatic N) is 1. The van der Waals surface area contributed by atoms with E-state index in [-0.39, 0.29) is 68.0 Å². The second-order valence-electron chi connectivity index (χ2n) is 2.53. The van der Waals surface area contributed by atoms with Crippen LogP contribution in [-0.4, -0.2) is 30.1 Å². The van der Waals surface area contributed by atoms with Crippen molar-refractivity contribution in [2.75, 3.05) is 5.32 Å². The molecule has 0 amide bonds. The molecule has 0 bridgehead atoms. The fraction of sp³-hybridized carbons (Fsp3) is 0.250. The Labute approximate surface area is 143 Å². The van der Waals surface area contributed by atoms with Gasteiger partial charge in [0.2, 0.25) is 5.52 Å². The molecule has 0 saturated carbocycles. The molecule has 9 nitrogen and oxygen atoms in total. The van der Waals surface area contributed by atoms with Crippen LogP contribution >= 0.6 is 15.2 Å². The summed E-state index contributed by atoms with van der Waals surface area (Å²) in [5, 5.41) is 1.83. The Hall–Kier alpha value is 1.31. The average molecular weight is 306 g/mol. The minimum Gasteiger partial charge on any atom is -1.00 e. The van der Waals surface area contributed by atoms with Gasteiger partial charge in [-0.05, 0) is 0 Å². The molecule has 1 rings (SSSR count). The zero-order chi connectivity index (χ0) is 11.7. The van der Waals surface area contributed by atoms with Crippen LogP contribution in [0.3, 0.4) is 0 Å². The van der Waals surface area contributed by atoms with Crippen molar-refractivity contribution in [2.24, 2.45) is 0 Å². The van der Waals surface area contributed by atoms with Gasteiger partial charge in [-0.15, -0.1) is 0 Å². The largest absolute Gasteiger partial charge is 1.00 e. The maximum atomic E-state index is 10.8. The molecule has 0 aliphatic heterocycles. The van der Waals surface area contributed by atoms with Crippen LogP contribution in [-0.2, 0) is 9.13 Å². The van der Waals surface area contributed by atoms with Gasteiger partial charge in [-0.3, -0.25) is 9.13 Å². The molecule has 17 heavy (non-hydrogen) atoms. The smallest absolute Gasteiger partial charge is 1.00 e. The van der Waals surface area contributed by atoms with E-state index in [1.165, 1.54) is 0 Å². The van der Waals surface area contributed by atoms with Gasteiger partial charge in [0, 0.05) is 0 Å². The Morgan fingerprint density at radius 1 is 1.24 bits per heavy atom. The third-order valence-electron chi connectivity index (χ3n) is 1.32. The molecular weight excluding hydrogens is 296 g/mol. The van der Waals surface area contributed by atoms with Crippen LogP contribution in [0.5, 0.6) is 0 Å². The predicted molar refractivity (Wildman–Crippen MR) is 50.2 cm³/mol. The molecule has 0 aromatic carbocycles. The topological polar surface area (TPSA) is 153 Å². The van der Waals surface area contributed by atoms with Crippen molar-refractivity contribution < 1.29 is 95.1 Å². The van der Waals surface area contributed by atoms with E-state index >= 15 is 0 Å². The van der Waals surface area contributed by atoms with Crippen molar-refractivity contribution in [3.63, 3.8) is 0 Å². The summed E-state index contributed by atoms with van der Waals surface area (Å²) in [5.41, 5.74) is -2.36. The van der Waals surface area contributed by atoms with Crippen LogP contribution in [0.1, 0.15) is 2.85 Å². The van der Waals surface area contributed by atoms with Crippen molar-refractivity contribution in [3.8, 4) is 0 Å². The summed E-state index contributed by atoms with van der Waals surface area (Å²) in [4.78, 5) is 38.2. The van der Waals surface area contributed by atoms with Gasteiger partial charge in [-0.25, -0.2) is 4.98 Å². The molecule has 0 aliphatic rings. The molecular formula is C4H10N2Na2O7P2. The Morgan fingerprint density at radius 2 is 1.71 bits per heavy atom. The molecule has 0 aliphatic carbocycles. The van der Waals surface area contributed by atoms with Crippen LogP contribution in [0.2, 0.25) is 0 Å². The fourth-order valence-electron chi connectivity index (χ4n) is 0.769. The third-order valence-corrected chi connectivity index (χ3v) is 4.66. The number of anilines is 1. The first kappa shape index (κ1) is 20.6. The summed E-state index contributed by atoms with van der Waals surface area (Å²) in [7, 11) is -10.0. The van der Waals surface area contributed by atoms with Crippen molar-refractivity contribution in [1.82, 2.24) is 4.98 Å². The summed E-state index contributed by atoms with van der Waals surface area (Å²) in [5.74, 6) is 0. The van der Waals surface area contributed by atoms with Crippen molar-refractivity contribution in [1.29, 1.82) is 0 Å². The number of nitrogens with one attached hydrogen (secondary N) is 1. The van der Waals surface area contributed by atoms with E-state index < -0.39 is 20.7 Å². The van der Waals surface area contributed by atoms with Gasteiger partial charge in [0.25, 0.3) is 6.01 Å². The van der Waals surface area contributed by atoms with E-state index in [1.54, 1.807) is 0 Å². The quantitative estimate of drug-likeness (QED) is 0.270. The van der Waals surface area contributed by atoms with E-state index in [0.717, 1.165) is 12.5 Å². The zero-order valence-electron chi connectivity index (χ0n) is 11.1. The number of oxazole rings is 1. The maximum absolute atomic E-state index is 10.8. The predicted octanol–water partition coefficient (Wildman–Crippen LogP) is -6.04. The van der Waals surface area contributed by atoms with E-state index in [0.29, 0.717) is 0 Å². The van der Waals surface area contributed by atoms with Crippen LogP contribution in [0.4, 0.5) is 6.01 Å². The molecule has 13 heteroatoms. The second-order valence-corrected chi connectivity index (χ2v) is 6.33. The molecule has 0 saturated heterocycles. The van der Waals surface area contributed by atoms with Crippen molar-refractivity contribution >= 4 is 21.2 Å². The van der Waals surface area contributed by atoms with Crippen LogP contribution in [0.15, 0.2) is 16.9 Å². The summed E-state index contributed by atoms with van der Waals surface area (Å²) >= 11 is 0. The number of hydrogen-bond donors (Lipinski definition) is 5. The van der Waals surface area contributed by atoms with E-state index in [1.807, 2.05) is 5.32 Å². The Bertz CT molecular complexity index is 401. The summed E-state index contributed by atoms with van der Waals surface area (Å²) < 4.78 is 26.1. The molecule has 1 heterocycles. The molecule has 0 spiro atoms. The first-order valence-corrected chi connectivity index (χ1v) is 6.84. The Kier molecular flexibility index (Phi) is 9.45. The van der Waals surface area contributed by atoms with E-state index in [2.05, 4.69) is 9.40 Å². The average Bonchev–Trinajstić information content (AvgIpc) is 2.46. The van der Waals surface area contributed by atoms with Gasteiger partial charge < -0.3 is 32.2 Å². The SMILES string of the molecule is O=P(O)(O)C(Nc1ncco1)P(=O)(O)O.[H-].[H-].[Na+].[Na+]. The van der Waals surface area contributed by atoms with Crippen LogP contribution < -0.4 is 64.4 Å². The number of rotatable bonds is 4. The summed E-state index contributed by atoms with van der Waals surface area (Å²) in [6.45, 7) is 0. The number of aromatic nitrogens is 1. The second kappa shape index (κ2) is 7.79. The first-order valence-electron chi connectivity index (χ1n) is 3.48. The van der Waals surface area contributed by atoms with Gasteiger partial charge in [0.1, 0.15) is 6.26 Å². The van der Waals surface area contributed by atoms with Gasteiger partial charge in [0.15, 0.2) is 0 Å². The summed E-state index contributed by atoms with van der Waals surface area (Å²) in [6.07, 6.45) is 2.23. The molecule has 90 valence electrons. The molecule has 0 atom stereocenters. The van der Waals surface area contributed by atoms with Gasteiger partial charge in [-0.2, -0.15) is 0 Å². The summed E-state index contributed by atoms with van der Waals surface area (Å²) in [6, 6.07) is -0.383. The Morgan fingerprint density at radius 3 is 2.00 bits per heavy atom.